The van der Waals surface area contributed by atoms with Crippen LogP contribution in [0.2, 0.25) is 5.02 Å². The van der Waals surface area contributed by atoms with E-state index in [9.17, 15) is 4.79 Å². The first-order valence-electron chi connectivity index (χ1n) is 14.2. The number of benzene rings is 2. The van der Waals surface area contributed by atoms with Crippen molar-refractivity contribution in [2.75, 3.05) is 46.6 Å². The average Bonchev–Trinajstić information content (AvgIpc) is 2.95. The predicted molar refractivity (Wildman–Crippen MR) is 155 cm³/mol. The van der Waals surface area contributed by atoms with E-state index in [1.54, 1.807) is 19.2 Å². The maximum atomic E-state index is 12.2. The number of hydrogen-bond donors (Lipinski definition) is 0. The van der Waals surface area contributed by atoms with E-state index < -0.39 is 0 Å². The first-order valence-corrected chi connectivity index (χ1v) is 14.6. The van der Waals surface area contributed by atoms with Crippen molar-refractivity contribution in [2.45, 2.75) is 51.9 Å². The van der Waals surface area contributed by atoms with Gasteiger partial charge in [0.25, 0.3) is 0 Å². The highest BCUT2D eigenvalue weighted by atomic mass is 35.5. The molecule has 5 rings (SSSR count). The zero-order chi connectivity index (χ0) is 28.0. The van der Waals surface area contributed by atoms with E-state index in [1.807, 2.05) is 18.2 Å². The number of piperidine rings is 1. The molecule has 0 unspecified atom stereocenters. The number of unbranched alkanes of at least 4 members (excludes halogenated alkanes) is 1. The highest BCUT2D eigenvalue weighted by molar-refractivity contribution is 6.31. The standard InChI is InChI=1S/C31H38ClN3O5/c1-3-4-6-23(36)15-22-7-8-24(16-26(22)32)40-30-25-17-28(37-2)29(18-27(25)33-21-34-30)39-14-5-11-35-12-9-31(10-13-35)19-38-20-31/h7-8,16-18,21H,3-6,9-15,19-20H2,1-2H3. The number of nitrogens with zero attached hydrogens (tertiary/aromatic N) is 3. The molecule has 2 saturated heterocycles. The third-order valence-electron chi connectivity index (χ3n) is 7.93. The van der Waals surface area contributed by atoms with Gasteiger partial charge in [0.2, 0.25) is 5.88 Å². The smallest absolute Gasteiger partial charge is 0.230 e. The zero-order valence-corrected chi connectivity index (χ0v) is 24.2. The van der Waals surface area contributed by atoms with Crippen LogP contribution in [0.4, 0.5) is 0 Å². The van der Waals surface area contributed by atoms with Gasteiger partial charge in [0, 0.05) is 35.9 Å². The molecule has 3 heterocycles. The molecule has 2 aliphatic rings. The minimum absolute atomic E-state index is 0.188. The van der Waals surface area contributed by atoms with Gasteiger partial charge in [-0.2, -0.15) is 0 Å². The summed E-state index contributed by atoms with van der Waals surface area (Å²) in [4.78, 5) is 23.5. The highest BCUT2D eigenvalue weighted by Crippen LogP contribution is 2.39. The number of ether oxygens (including phenoxy) is 4. The van der Waals surface area contributed by atoms with Crippen molar-refractivity contribution in [3.05, 3.63) is 47.2 Å². The van der Waals surface area contributed by atoms with Crippen molar-refractivity contribution in [3.8, 4) is 23.1 Å². The van der Waals surface area contributed by atoms with Gasteiger partial charge >= 0.3 is 0 Å². The highest BCUT2D eigenvalue weighted by Gasteiger charge is 2.40. The summed E-state index contributed by atoms with van der Waals surface area (Å²) in [6.07, 6.45) is 7.63. The summed E-state index contributed by atoms with van der Waals surface area (Å²) < 4.78 is 23.3. The number of carbonyl (C=O) groups excluding carboxylic acids is 1. The van der Waals surface area contributed by atoms with Crippen LogP contribution >= 0.6 is 11.6 Å². The van der Waals surface area contributed by atoms with Crippen LogP contribution in [0.25, 0.3) is 10.9 Å². The number of hydrogen-bond acceptors (Lipinski definition) is 8. The molecule has 1 spiro atoms. The van der Waals surface area contributed by atoms with Gasteiger partial charge in [-0.1, -0.05) is 31.0 Å². The molecule has 0 N–H and O–H groups in total. The van der Waals surface area contributed by atoms with Crippen LogP contribution in [-0.4, -0.2) is 67.2 Å². The Balaban J connectivity index is 1.20. The summed E-state index contributed by atoms with van der Waals surface area (Å²) in [5.74, 6) is 2.34. The van der Waals surface area contributed by atoms with E-state index >= 15 is 0 Å². The van der Waals surface area contributed by atoms with Crippen LogP contribution in [0.5, 0.6) is 23.1 Å². The van der Waals surface area contributed by atoms with Crippen LogP contribution < -0.4 is 14.2 Å². The van der Waals surface area contributed by atoms with Crippen molar-refractivity contribution in [1.82, 2.24) is 14.9 Å². The van der Waals surface area contributed by atoms with Crippen LogP contribution in [0.1, 0.15) is 51.0 Å². The Kier molecular flexibility index (Phi) is 9.40. The molecule has 2 aromatic carbocycles. The maximum absolute atomic E-state index is 12.2. The van der Waals surface area contributed by atoms with Gasteiger partial charge < -0.3 is 23.8 Å². The molecule has 8 nitrogen and oxygen atoms in total. The minimum atomic E-state index is 0.188. The lowest BCUT2D eigenvalue weighted by Crippen LogP contribution is -2.51. The van der Waals surface area contributed by atoms with E-state index in [4.69, 9.17) is 30.5 Å². The molecule has 2 fully saturated rings. The lowest BCUT2D eigenvalue weighted by atomic mass is 9.77. The Labute approximate surface area is 240 Å². The van der Waals surface area contributed by atoms with Gasteiger partial charge in [-0.25, -0.2) is 9.97 Å². The summed E-state index contributed by atoms with van der Waals surface area (Å²) in [5, 5.41) is 1.19. The first kappa shape index (κ1) is 28.6. The first-order chi connectivity index (χ1) is 19.5. The van der Waals surface area contributed by atoms with Gasteiger partial charge in [0.1, 0.15) is 17.9 Å². The third-order valence-corrected chi connectivity index (χ3v) is 8.28. The quantitative estimate of drug-likeness (QED) is 0.224. The van der Waals surface area contributed by atoms with Gasteiger partial charge in [-0.15, -0.1) is 0 Å². The van der Waals surface area contributed by atoms with Crippen molar-refractivity contribution in [1.29, 1.82) is 0 Å². The number of rotatable bonds is 13. The number of carbonyl (C=O) groups is 1. The van der Waals surface area contributed by atoms with Crippen LogP contribution in [0.3, 0.4) is 0 Å². The van der Waals surface area contributed by atoms with Crippen LogP contribution in [0, 0.1) is 5.41 Å². The number of halogens is 1. The SMILES string of the molecule is CCCCC(=O)Cc1ccc(Oc2ncnc3cc(OCCCN4CCC5(CC4)COC5)c(OC)cc23)cc1Cl. The molecule has 3 aromatic rings. The summed E-state index contributed by atoms with van der Waals surface area (Å²) in [6.45, 7) is 7.81. The second-order valence-electron chi connectivity index (χ2n) is 10.9. The zero-order valence-electron chi connectivity index (χ0n) is 23.4. The Morgan fingerprint density at radius 3 is 2.62 bits per heavy atom. The molecule has 1 aromatic heterocycles. The fourth-order valence-corrected chi connectivity index (χ4v) is 5.55. The number of ketones is 1. The van der Waals surface area contributed by atoms with E-state index in [-0.39, 0.29) is 5.78 Å². The van der Waals surface area contributed by atoms with E-state index in [2.05, 4.69) is 21.8 Å². The summed E-state index contributed by atoms with van der Waals surface area (Å²) in [5.41, 5.74) is 1.94. The Morgan fingerprint density at radius 1 is 1.10 bits per heavy atom. The molecule has 0 amide bonds. The fourth-order valence-electron chi connectivity index (χ4n) is 5.32. The number of Topliss-reactive ketones (excluding diaryl/α,β-unsaturated/α-hetero) is 1. The summed E-state index contributed by atoms with van der Waals surface area (Å²) >= 11 is 6.48. The molecule has 214 valence electrons. The molecule has 0 atom stereocenters. The van der Waals surface area contributed by atoms with Gasteiger partial charge in [-0.3, -0.25) is 4.79 Å². The molecular formula is C31H38ClN3O5. The molecule has 0 saturated carbocycles. The van der Waals surface area contributed by atoms with Gasteiger partial charge in [0.05, 0.1) is 37.8 Å². The Morgan fingerprint density at radius 2 is 1.93 bits per heavy atom. The molecule has 40 heavy (non-hydrogen) atoms. The van der Waals surface area contributed by atoms with Crippen molar-refractivity contribution < 1.29 is 23.7 Å². The molecular weight excluding hydrogens is 530 g/mol. The monoisotopic (exact) mass is 567 g/mol. The second-order valence-corrected chi connectivity index (χ2v) is 11.3. The molecule has 0 radical (unpaired) electrons. The van der Waals surface area contributed by atoms with Crippen LogP contribution in [-0.2, 0) is 16.0 Å². The topological polar surface area (TPSA) is 83.0 Å². The number of fused-ring (bicyclic) bond motifs is 1. The van der Waals surface area contributed by atoms with Crippen molar-refractivity contribution in [2.24, 2.45) is 5.41 Å². The van der Waals surface area contributed by atoms with Crippen LogP contribution in [0.15, 0.2) is 36.7 Å². The average molecular weight is 568 g/mol. The minimum Gasteiger partial charge on any atom is -0.493 e. The lowest BCUT2D eigenvalue weighted by Gasteiger charge is -2.47. The molecule has 0 aliphatic carbocycles. The predicted octanol–water partition coefficient (Wildman–Crippen LogP) is 6.27. The van der Waals surface area contributed by atoms with Gasteiger partial charge in [0.15, 0.2) is 11.5 Å². The number of aromatic nitrogens is 2. The molecule has 2 aliphatic heterocycles. The summed E-state index contributed by atoms with van der Waals surface area (Å²) in [7, 11) is 1.62. The molecule has 9 heteroatoms. The van der Waals surface area contributed by atoms with Crippen molar-refractivity contribution >= 4 is 28.3 Å². The lowest BCUT2D eigenvalue weighted by molar-refractivity contribution is -0.139. The molecule has 0 bridgehead atoms. The Hall–Kier alpha value is -2.94. The third kappa shape index (κ3) is 6.85. The maximum Gasteiger partial charge on any atom is 0.230 e. The van der Waals surface area contributed by atoms with Gasteiger partial charge in [-0.05, 0) is 62.5 Å². The second kappa shape index (κ2) is 13.1. The fraction of sp³-hybridized carbons (Fsp3) is 0.516. The number of methoxy groups -OCH3 is 1. The number of likely N-dealkylation sites (tertiary alicyclic amines) is 1. The largest absolute Gasteiger partial charge is 0.493 e. The van der Waals surface area contributed by atoms with Crippen molar-refractivity contribution in [3.63, 3.8) is 0 Å². The van der Waals surface area contributed by atoms with E-state index in [0.29, 0.717) is 63.9 Å². The Bertz CT molecular complexity index is 1320. The van der Waals surface area contributed by atoms with E-state index in [1.165, 1.54) is 19.2 Å². The summed E-state index contributed by atoms with van der Waals surface area (Å²) in [6, 6.07) is 9.06. The van der Waals surface area contributed by atoms with E-state index in [0.717, 1.165) is 57.7 Å². The normalized spacial score (nSPS) is 16.6.